The van der Waals surface area contributed by atoms with Crippen molar-refractivity contribution in [2.24, 2.45) is 0 Å². The second kappa shape index (κ2) is 7.36. The topological polar surface area (TPSA) is 9.86 Å². The molecule has 0 aliphatic heterocycles. The number of benzene rings is 5. The summed E-state index contributed by atoms with van der Waals surface area (Å²) in [5, 5.41) is 5.22. The van der Waals surface area contributed by atoms with E-state index in [-0.39, 0.29) is 0 Å². The molecule has 0 unspecified atom stereocenters. The summed E-state index contributed by atoms with van der Waals surface area (Å²) in [6.45, 7) is 3.18. The zero-order valence-corrected chi connectivity index (χ0v) is 19.1. The Morgan fingerprint density at radius 3 is 1.85 bits per heavy atom. The largest absolute Gasteiger partial charge is 0.341 e. The Balaban J connectivity index is 1.48. The summed E-state index contributed by atoms with van der Waals surface area (Å²) in [5.74, 6) is 0. The standard InChI is InChI=1S/C32H24N2/c1-2-33-29-14-8-6-12-25(29)27-18-16-23(21-32(27)33)22-17-19-31-28(20-22)26-13-7-9-15-30(26)34(31)24-10-4-3-5-11-24/h3-21H,2H2,1H3. The van der Waals surface area contributed by atoms with E-state index in [1.807, 2.05) is 0 Å². The molecule has 2 heteroatoms. The molecular formula is C32H24N2. The Labute approximate surface area is 198 Å². The number of hydrogen-bond donors (Lipinski definition) is 0. The van der Waals surface area contributed by atoms with Gasteiger partial charge in [0.25, 0.3) is 0 Å². The summed E-state index contributed by atoms with van der Waals surface area (Å²) < 4.78 is 4.79. The van der Waals surface area contributed by atoms with Crippen molar-refractivity contribution in [2.75, 3.05) is 0 Å². The van der Waals surface area contributed by atoms with Gasteiger partial charge in [-0.05, 0) is 60.5 Å². The van der Waals surface area contributed by atoms with E-state index in [2.05, 4.69) is 131 Å². The normalized spacial score (nSPS) is 11.8. The van der Waals surface area contributed by atoms with E-state index in [9.17, 15) is 0 Å². The Kier molecular flexibility index (Phi) is 4.16. The maximum absolute atomic E-state index is 2.42. The second-order valence-electron chi connectivity index (χ2n) is 8.91. The van der Waals surface area contributed by atoms with E-state index >= 15 is 0 Å². The summed E-state index contributed by atoms with van der Waals surface area (Å²) >= 11 is 0. The van der Waals surface area contributed by atoms with Crippen LogP contribution in [0.1, 0.15) is 6.92 Å². The lowest BCUT2D eigenvalue weighted by atomic mass is 10.0. The van der Waals surface area contributed by atoms with E-state index in [0.717, 1.165) is 6.54 Å². The van der Waals surface area contributed by atoms with Gasteiger partial charge in [-0.25, -0.2) is 0 Å². The molecule has 2 aromatic heterocycles. The zero-order chi connectivity index (χ0) is 22.6. The molecule has 0 fully saturated rings. The summed E-state index contributed by atoms with van der Waals surface area (Å²) in [5.41, 5.74) is 8.77. The first-order valence-electron chi connectivity index (χ1n) is 11.9. The van der Waals surface area contributed by atoms with Crippen LogP contribution in [0.25, 0.3) is 60.4 Å². The summed E-state index contributed by atoms with van der Waals surface area (Å²) in [6, 6.07) is 41.9. The van der Waals surface area contributed by atoms with Crippen molar-refractivity contribution in [3.63, 3.8) is 0 Å². The van der Waals surface area contributed by atoms with Crippen LogP contribution < -0.4 is 0 Å². The van der Waals surface area contributed by atoms with Crippen LogP contribution in [0.4, 0.5) is 0 Å². The SMILES string of the molecule is CCn1c2ccccc2c2ccc(-c3ccc4c(c3)c3ccccc3n4-c3ccccc3)cc21. The molecule has 0 amide bonds. The van der Waals surface area contributed by atoms with Crippen LogP contribution in [-0.2, 0) is 6.54 Å². The fourth-order valence-electron chi connectivity index (χ4n) is 5.58. The number of fused-ring (bicyclic) bond motifs is 6. The molecule has 2 nitrogen and oxygen atoms in total. The molecule has 7 aromatic rings. The maximum Gasteiger partial charge on any atom is 0.0541 e. The first-order valence-corrected chi connectivity index (χ1v) is 11.9. The van der Waals surface area contributed by atoms with Crippen molar-refractivity contribution in [3.05, 3.63) is 115 Å². The van der Waals surface area contributed by atoms with Gasteiger partial charge in [-0.2, -0.15) is 0 Å². The Morgan fingerprint density at radius 2 is 1.06 bits per heavy atom. The molecule has 0 bridgehead atoms. The van der Waals surface area contributed by atoms with Gasteiger partial charge in [0, 0.05) is 44.8 Å². The van der Waals surface area contributed by atoms with Crippen LogP contribution in [0.2, 0.25) is 0 Å². The molecule has 0 aliphatic rings. The van der Waals surface area contributed by atoms with Gasteiger partial charge in [0.1, 0.15) is 0 Å². The quantitative estimate of drug-likeness (QED) is 0.262. The van der Waals surface area contributed by atoms with E-state index in [1.165, 1.54) is 60.4 Å². The third-order valence-corrected chi connectivity index (χ3v) is 7.11. The molecule has 7 rings (SSSR count). The summed E-state index contributed by atoms with van der Waals surface area (Å²) in [4.78, 5) is 0. The third-order valence-electron chi connectivity index (χ3n) is 7.11. The summed E-state index contributed by atoms with van der Waals surface area (Å²) in [7, 11) is 0. The Bertz CT molecular complexity index is 1830. The average Bonchev–Trinajstić information content (AvgIpc) is 3.41. The highest BCUT2D eigenvalue weighted by Crippen LogP contribution is 2.37. The molecule has 2 heterocycles. The van der Waals surface area contributed by atoms with Crippen molar-refractivity contribution in [2.45, 2.75) is 13.5 Å². The van der Waals surface area contributed by atoms with Gasteiger partial charge in [-0.1, -0.05) is 72.8 Å². The van der Waals surface area contributed by atoms with E-state index in [4.69, 9.17) is 0 Å². The first-order chi connectivity index (χ1) is 16.8. The van der Waals surface area contributed by atoms with E-state index in [0.29, 0.717) is 0 Å². The van der Waals surface area contributed by atoms with Gasteiger partial charge >= 0.3 is 0 Å². The van der Waals surface area contributed by atoms with Crippen LogP contribution in [0.15, 0.2) is 115 Å². The van der Waals surface area contributed by atoms with Crippen LogP contribution >= 0.6 is 0 Å². The molecule has 0 N–H and O–H groups in total. The highest BCUT2D eigenvalue weighted by atomic mass is 15.0. The van der Waals surface area contributed by atoms with Gasteiger partial charge in [0.05, 0.1) is 11.0 Å². The molecule has 0 aliphatic carbocycles. The fourth-order valence-corrected chi connectivity index (χ4v) is 5.58. The molecule has 0 saturated heterocycles. The van der Waals surface area contributed by atoms with Gasteiger partial charge in [0.2, 0.25) is 0 Å². The molecule has 0 radical (unpaired) electrons. The van der Waals surface area contributed by atoms with Gasteiger partial charge in [-0.3, -0.25) is 0 Å². The molecule has 0 saturated carbocycles. The van der Waals surface area contributed by atoms with Crippen molar-refractivity contribution in [3.8, 4) is 16.8 Å². The third kappa shape index (κ3) is 2.69. The van der Waals surface area contributed by atoms with E-state index in [1.54, 1.807) is 0 Å². The number of rotatable bonds is 3. The van der Waals surface area contributed by atoms with Crippen molar-refractivity contribution in [1.29, 1.82) is 0 Å². The van der Waals surface area contributed by atoms with Crippen LogP contribution in [-0.4, -0.2) is 9.13 Å². The highest BCUT2D eigenvalue weighted by molar-refractivity contribution is 6.11. The van der Waals surface area contributed by atoms with Gasteiger partial charge in [0.15, 0.2) is 0 Å². The minimum Gasteiger partial charge on any atom is -0.341 e. The molecule has 0 atom stereocenters. The molecular weight excluding hydrogens is 412 g/mol. The van der Waals surface area contributed by atoms with Crippen molar-refractivity contribution in [1.82, 2.24) is 9.13 Å². The molecule has 5 aromatic carbocycles. The lowest BCUT2D eigenvalue weighted by Crippen LogP contribution is -1.93. The lowest BCUT2D eigenvalue weighted by Gasteiger charge is -2.09. The lowest BCUT2D eigenvalue weighted by molar-refractivity contribution is 0.827. The van der Waals surface area contributed by atoms with Gasteiger partial charge in [-0.15, -0.1) is 0 Å². The monoisotopic (exact) mass is 436 g/mol. The minimum atomic E-state index is 0.955. The fraction of sp³-hybridized carbons (Fsp3) is 0.0625. The van der Waals surface area contributed by atoms with Crippen LogP contribution in [0.3, 0.4) is 0 Å². The average molecular weight is 437 g/mol. The second-order valence-corrected chi connectivity index (χ2v) is 8.91. The summed E-state index contributed by atoms with van der Waals surface area (Å²) in [6.07, 6.45) is 0. The maximum atomic E-state index is 2.42. The number of nitrogens with zero attached hydrogens (tertiary/aromatic N) is 2. The van der Waals surface area contributed by atoms with Crippen molar-refractivity contribution < 1.29 is 0 Å². The number of aryl methyl sites for hydroxylation is 1. The van der Waals surface area contributed by atoms with Crippen LogP contribution in [0, 0.1) is 0 Å². The number of hydrogen-bond acceptors (Lipinski definition) is 0. The van der Waals surface area contributed by atoms with E-state index < -0.39 is 0 Å². The van der Waals surface area contributed by atoms with Gasteiger partial charge < -0.3 is 9.13 Å². The smallest absolute Gasteiger partial charge is 0.0541 e. The van der Waals surface area contributed by atoms with Crippen LogP contribution in [0.5, 0.6) is 0 Å². The first kappa shape index (κ1) is 19.2. The molecule has 0 spiro atoms. The number of para-hydroxylation sites is 3. The van der Waals surface area contributed by atoms with Crippen molar-refractivity contribution >= 4 is 43.6 Å². The highest BCUT2D eigenvalue weighted by Gasteiger charge is 2.14. The Hall–Kier alpha value is -4.30. The predicted octanol–water partition coefficient (Wildman–Crippen LogP) is 8.58. The minimum absolute atomic E-state index is 0.955. The Morgan fingerprint density at radius 1 is 0.471 bits per heavy atom. The molecule has 162 valence electrons. The molecule has 34 heavy (non-hydrogen) atoms. The number of aromatic nitrogens is 2. The predicted molar refractivity (Wildman–Crippen MR) is 145 cm³/mol. The zero-order valence-electron chi connectivity index (χ0n) is 19.1.